The molecule has 3 N–H and O–H groups in total. The number of aromatic hydroxyl groups is 2. The fraction of sp³-hybridized carbons (Fsp3) is 0.304. The van der Waals surface area contributed by atoms with Crippen molar-refractivity contribution >= 4 is 34.1 Å². The normalized spacial score (nSPS) is 14.5. The summed E-state index contributed by atoms with van der Waals surface area (Å²) in [7, 11) is 0. The monoisotopic (exact) mass is 465 g/mol. The lowest BCUT2D eigenvalue weighted by atomic mass is 9.95. The molecule has 1 saturated carbocycles. The van der Waals surface area contributed by atoms with Gasteiger partial charge in [-0.2, -0.15) is 0 Å². The van der Waals surface area contributed by atoms with Crippen LogP contribution in [0.4, 0.5) is 11.4 Å². The molecule has 3 aromatic rings. The number of nitrogens with one attached hydrogen (secondary N) is 1. The Morgan fingerprint density at radius 3 is 2.59 bits per heavy atom. The summed E-state index contributed by atoms with van der Waals surface area (Å²) >= 11 is 0. The molecular weight excluding hydrogens is 442 g/mol. The Labute approximate surface area is 193 Å². The summed E-state index contributed by atoms with van der Waals surface area (Å²) in [6.45, 7) is -0.141. The molecule has 0 atom stereocenters. The highest BCUT2D eigenvalue weighted by Gasteiger charge is 2.22. The lowest BCUT2D eigenvalue weighted by molar-refractivity contribution is -0.384. The Balaban J connectivity index is 1.61. The molecule has 176 valence electrons. The minimum atomic E-state index is -1.02. The minimum Gasteiger partial charge on any atom is -0.507 e. The van der Waals surface area contributed by atoms with Gasteiger partial charge in [0.05, 0.1) is 16.0 Å². The van der Waals surface area contributed by atoms with E-state index in [1.807, 2.05) is 0 Å². The van der Waals surface area contributed by atoms with Crippen molar-refractivity contribution in [2.75, 3.05) is 0 Å². The number of fused-ring (bicyclic) bond motifs is 1. The van der Waals surface area contributed by atoms with Crippen LogP contribution in [-0.2, 0) is 11.3 Å². The van der Waals surface area contributed by atoms with Gasteiger partial charge in [0.15, 0.2) is 5.69 Å². The van der Waals surface area contributed by atoms with Gasteiger partial charge in [-0.15, -0.1) is 10.2 Å². The third kappa shape index (κ3) is 4.72. The van der Waals surface area contributed by atoms with Crippen molar-refractivity contribution < 1.29 is 24.7 Å². The van der Waals surface area contributed by atoms with Crippen LogP contribution in [0.2, 0.25) is 0 Å². The number of carbonyl (C=O) groups excluding carboxylic acids is 2. The predicted molar refractivity (Wildman–Crippen MR) is 122 cm³/mol. The minimum absolute atomic E-state index is 0.0284. The quantitative estimate of drug-likeness (QED) is 0.279. The number of phenols is 1. The van der Waals surface area contributed by atoms with Crippen LogP contribution in [0.1, 0.15) is 42.5 Å². The third-order valence-corrected chi connectivity index (χ3v) is 5.85. The molecule has 1 fully saturated rings. The maximum absolute atomic E-state index is 12.6. The van der Waals surface area contributed by atoms with Crippen molar-refractivity contribution in [1.82, 2.24) is 9.88 Å². The third-order valence-electron chi connectivity index (χ3n) is 5.85. The zero-order valence-electron chi connectivity index (χ0n) is 18.2. The van der Waals surface area contributed by atoms with E-state index in [-0.39, 0.29) is 35.7 Å². The first-order valence-corrected chi connectivity index (χ1v) is 10.9. The molecule has 11 nitrogen and oxygen atoms in total. The van der Waals surface area contributed by atoms with Crippen LogP contribution in [0.15, 0.2) is 52.7 Å². The molecule has 0 bridgehead atoms. The highest BCUT2D eigenvalue weighted by molar-refractivity contribution is 5.99. The molecule has 0 radical (unpaired) electrons. The number of phenolic OH excluding ortho intramolecular Hbond substituents is 1. The van der Waals surface area contributed by atoms with Gasteiger partial charge in [0.25, 0.3) is 11.6 Å². The number of carbonyl (C=O) groups is 2. The van der Waals surface area contributed by atoms with Crippen molar-refractivity contribution in [3.8, 4) is 11.6 Å². The van der Waals surface area contributed by atoms with Crippen LogP contribution >= 0.6 is 0 Å². The van der Waals surface area contributed by atoms with E-state index in [9.17, 15) is 29.9 Å². The first-order valence-electron chi connectivity index (χ1n) is 10.9. The number of aromatic nitrogens is 1. The Hall–Kier alpha value is -4.28. The summed E-state index contributed by atoms with van der Waals surface area (Å²) in [5.74, 6) is -2.10. The van der Waals surface area contributed by atoms with E-state index in [0.29, 0.717) is 10.9 Å². The Morgan fingerprint density at radius 2 is 1.85 bits per heavy atom. The van der Waals surface area contributed by atoms with Crippen LogP contribution < -0.4 is 5.32 Å². The number of hydrogen-bond donors (Lipinski definition) is 3. The second-order valence-corrected chi connectivity index (χ2v) is 8.14. The summed E-state index contributed by atoms with van der Waals surface area (Å²) < 4.78 is 1.39. The number of azo groups is 1. The summed E-state index contributed by atoms with van der Waals surface area (Å²) in [5, 5.41) is 42.5. The van der Waals surface area contributed by atoms with Gasteiger partial charge in [-0.05, 0) is 25.0 Å². The molecule has 1 aliphatic carbocycles. The molecule has 1 aromatic heterocycles. The number of rotatable bonds is 6. The lowest BCUT2D eigenvalue weighted by Gasteiger charge is -2.23. The standard InChI is InChI=1S/C23H23N5O6/c29-19-11-10-15(28(33)34)12-17(19)22(31)26-25-21-16-8-4-5-9-18(16)27(23(21)32)13-20(30)24-14-6-2-1-3-7-14/h4-5,8-12,14,29,32H,1-3,6-7,13H2,(H,24,30). The number of non-ortho nitro benzene ring substituents is 1. The molecule has 34 heavy (non-hydrogen) atoms. The first-order chi connectivity index (χ1) is 16.3. The van der Waals surface area contributed by atoms with Gasteiger partial charge in [-0.1, -0.05) is 37.5 Å². The average Bonchev–Trinajstić information content (AvgIpc) is 3.09. The van der Waals surface area contributed by atoms with Crippen LogP contribution in [0.25, 0.3) is 10.9 Å². The van der Waals surface area contributed by atoms with Crippen LogP contribution in [0, 0.1) is 10.1 Å². The Kier molecular flexibility index (Phi) is 6.53. The van der Waals surface area contributed by atoms with E-state index in [4.69, 9.17) is 0 Å². The van der Waals surface area contributed by atoms with Crippen molar-refractivity contribution in [2.24, 2.45) is 10.2 Å². The number of nitrogens with zero attached hydrogens (tertiary/aromatic N) is 4. The molecule has 0 spiro atoms. The second-order valence-electron chi connectivity index (χ2n) is 8.14. The number of nitro benzene ring substituents is 1. The van der Waals surface area contributed by atoms with E-state index >= 15 is 0 Å². The summed E-state index contributed by atoms with van der Waals surface area (Å²) in [4.78, 5) is 35.4. The molecule has 0 aliphatic heterocycles. The topological polar surface area (TPSA) is 159 Å². The molecule has 0 saturated heterocycles. The zero-order valence-corrected chi connectivity index (χ0v) is 18.2. The smallest absolute Gasteiger partial charge is 0.299 e. The molecule has 1 heterocycles. The Morgan fingerprint density at radius 1 is 1.12 bits per heavy atom. The van der Waals surface area contributed by atoms with E-state index in [0.717, 1.165) is 50.3 Å². The van der Waals surface area contributed by atoms with Gasteiger partial charge < -0.3 is 20.1 Å². The van der Waals surface area contributed by atoms with Crippen molar-refractivity contribution in [3.05, 3.63) is 58.1 Å². The lowest BCUT2D eigenvalue weighted by Crippen LogP contribution is -2.38. The molecule has 2 amide bonds. The highest BCUT2D eigenvalue weighted by atomic mass is 16.6. The fourth-order valence-electron chi connectivity index (χ4n) is 4.15. The second kappa shape index (κ2) is 9.69. The number of nitro groups is 1. The van der Waals surface area contributed by atoms with Gasteiger partial charge in [-0.3, -0.25) is 19.7 Å². The van der Waals surface area contributed by atoms with Gasteiger partial charge in [0, 0.05) is 23.6 Å². The maximum Gasteiger partial charge on any atom is 0.299 e. The molecular formula is C23H23N5O6. The van der Waals surface area contributed by atoms with E-state index in [1.54, 1.807) is 24.3 Å². The van der Waals surface area contributed by atoms with Gasteiger partial charge in [0.1, 0.15) is 12.3 Å². The number of para-hydroxylation sites is 1. The molecule has 0 unspecified atom stereocenters. The molecule has 2 aromatic carbocycles. The van der Waals surface area contributed by atoms with Crippen LogP contribution in [-0.4, -0.2) is 37.6 Å². The van der Waals surface area contributed by atoms with Crippen LogP contribution in [0.5, 0.6) is 11.6 Å². The summed E-state index contributed by atoms with van der Waals surface area (Å²) in [6.07, 6.45) is 5.16. The molecule has 11 heteroatoms. The fourth-order valence-corrected chi connectivity index (χ4v) is 4.15. The highest BCUT2D eigenvalue weighted by Crippen LogP contribution is 2.39. The first kappa shape index (κ1) is 22.9. The number of benzene rings is 2. The van der Waals surface area contributed by atoms with Crippen LogP contribution in [0.3, 0.4) is 0 Å². The molecule has 1 aliphatic rings. The van der Waals surface area contributed by atoms with Crippen molar-refractivity contribution in [3.63, 3.8) is 0 Å². The van der Waals surface area contributed by atoms with Gasteiger partial charge >= 0.3 is 0 Å². The average molecular weight is 465 g/mol. The summed E-state index contributed by atoms with van der Waals surface area (Å²) in [5.41, 5.74) is -0.287. The van der Waals surface area contributed by atoms with Gasteiger partial charge in [0.2, 0.25) is 11.8 Å². The number of hydrogen-bond acceptors (Lipinski definition) is 7. The SMILES string of the molecule is O=C(Cn1c(O)c(N=NC(=O)c2cc([N+](=O)[O-])ccc2O)c2ccccc21)NC1CCCCC1. The largest absolute Gasteiger partial charge is 0.507 e. The predicted octanol–water partition coefficient (Wildman–Crippen LogP) is 4.33. The zero-order chi connectivity index (χ0) is 24.2. The molecule has 4 rings (SSSR count). The van der Waals surface area contributed by atoms with E-state index < -0.39 is 22.1 Å². The Bertz CT molecular complexity index is 1290. The summed E-state index contributed by atoms with van der Waals surface area (Å²) in [6, 6.07) is 9.91. The van der Waals surface area contributed by atoms with Crippen molar-refractivity contribution in [1.29, 1.82) is 0 Å². The van der Waals surface area contributed by atoms with E-state index in [1.165, 1.54) is 4.57 Å². The van der Waals surface area contributed by atoms with Crippen molar-refractivity contribution in [2.45, 2.75) is 44.7 Å². The maximum atomic E-state index is 12.6. The van der Waals surface area contributed by atoms with Gasteiger partial charge in [-0.25, -0.2) is 0 Å². The van der Waals surface area contributed by atoms with E-state index in [2.05, 4.69) is 15.5 Å². The number of amides is 2.